The summed E-state index contributed by atoms with van der Waals surface area (Å²) in [7, 11) is 0. The van der Waals surface area contributed by atoms with Gasteiger partial charge in [-0.3, -0.25) is 9.48 Å². The van der Waals surface area contributed by atoms with Gasteiger partial charge in [-0.05, 0) is 44.7 Å². The van der Waals surface area contributed by atoms with Crippen LogP contribution in [0.15, 0.2) is 24.3 Å². The Kier molecular flexibility index (Phi) is 7.79. The molecular weight excluding hydrogens is 354 g/mol. The zero-order chi connectivity index (χ0) is 20.7. The lowest BCUT2D eigenvalue weighted by Gasteiger charge is -2.14. The lowest BCUT2D eigenvalue weighted by Crippen LogP contribution is -2.40. The monoisotopic (exact) mass is 385 g/mol. The van der Waals surface area contributed by atoms with E-state index in [0.29, 0.717) is 19.4 Å². The van der Waals surface area contributed by atoms with E-state index >= 15 is 0 Å². The molecule has 6 nitrogen and oxygen atoms in total. The standard InChI is InChI=1S/C22H31N3O3/c1-5-6-7-20(22(27)28)23-21(26)13-12-19-16(3)24-25(17(19)4)14-18-10-8-15(2)9-11-18/h8-11,20H,5-7,12-14H2,1-4H3,(H,23,26)(H,27,28)/t20-/m0/s1. The zero-order valence-electron chi connectivity index (χ0n) is 17.3. The van der Waals surface area contributed by atoms with Crippen molar-refractivity contribution in [3.05, 3.63) is 52.3 Å². The number of carboxylic acids is 1. The van der Waals surface area contributed by atoms with E-state index in [2.05, 4.69) is 41.6 Å². The van der Waals surface area contributed by atoms with Gasteiger partial charge >= 0.3 is 5.97 Å². The number of amides is 1. The van der Waals surface area contributed by atoms with Crippen molar-refractivity contribution in [1.29, 1.82) is 0 Å². The van der Waals surface area contributed by atoms with Crippen LogP contribution >= 0.6 is 0 Å². The second kappa shape index (κ2) is 10.1. The molecule has 0 spiro atoms. The number of nitrogens with zero attached hydrogens (tertiary/aromatic N) is 2. The third-order valence-corrected chi connectivity index (χ3v) is 5.07. The summed E-state index contributed by atoms with van der Waals surface area (Å²) in [4.78, 5) is 23.5. The van der Waals surface area contributed by atoms with Crippen molar-refractivity contribution in [2.24, 2.45) is 0 Å². The molecular formula is C22H31N3O3. The maximum absolute atomic E-state index is 12.2. The first-order chi connectivity index (χ1) is 13.3. The number of unbranched alkanes of at least 4 members (excludes halogenated alkanes) is 1. The number of carbonyl (C=O) groups excluding carboxylic acids is 1. The second-order valence-electron chi connectivity index (χ2n) is 7.39. The molecule has 1 aromatic carbocycles. The molecule has 0 radical (unpaired) electrons. The summed E-state index contributed by atoms with van der Waals surface area (Å²) >= 11 is 0. The van der Waals surface area contributed by atoms with E-state index in [0.717, 1.165) is 29.8 Å². The van der Waals surface area contributed by atoms with Gasteiger partial charge in [0.05, 0.1) is 12.2 Å². The molecule has 6 heteroatoms. The van der Waals surface area contributed by atoms with Crippen LogP contribution in [0.3, 0.4) is 0 Å². The van der Waals surface area contributed by atoms with Crippen molar-refractivity contribution in [2.75, 3.05) is 0 Å². The van der Waals surface area contributed by atoms with Crippen molar-refractivity contribution >= 4 is 11.9 Å². The highest BCUT2D eigenvalue weighted by Crippen LogP contribution is 2.17. The number of hydrogen-bond acceptors (Lipinski definition) is 3. The first kappa shape index (κ1) is 21.7. The van der Waals surface area contributed by atoms with E-state index in [-0.39, 0.29) is 12.3 Å². The van der Waals surface area contributed by atoms with Gasteiger partial charge in [0.1, 0.15) is 6.04 Å². The van der Waals surface area contributed by atoms with Gasteiger partial charge in [0.15, 0.2) is 0 Å². The van der Waals surface area contributed by atoms with Gasteiger partial charge in [0.25, 0.3) is 0 Å². The Morgan fingerprint density at radius 1 is 1.18 bits per heavy atom. The van der Waals surface area contributed by atoms with Crippen LogP contribution in [0.4, 0.5) is 0 Å². The number of benzene rings is 1. The van der Waals surface area contributed by atoms with Crippen molar-refractivity contribution < 1.29 is 14.7 Å². The first-order valence-corrected chi connectivity index (χ1v) is 9.92. The molecule has 0 aliphatic carbocycles. The summed E-state index contributed by atoms with van der Waals surface area (Å²) in [5, 5.41) is 16.5. The number of aromatic nitrogens is 2. The maximum Gasteiger partial charge on any atom is 0.326 e. The zero-order valence-corrected chi connectivity index (χ0v) is 17.3. The van der Waals surface area contributed by atoms with Crippen LogP contribution < -0.4 is 5.32 Å². The third-order valence-electron chi connectivity index (χ3n) is 5.07. The number of aryl methyl sites for hydroxylation is 2. The molecule has 2 N–H and O–H groups in total. The summed E-state index contributed by atoms with van der Waals surface area (Å²) in [6.45, 7) is 8.72. The Bertz CT molecular complexity index is 809. The van der Waals surface area contributed by atoms with E-state index in [1.807, 2.05) is 25.5 Å². The molecule has 1 amide bonds. The fourth-order valence-corrected chi connectivity index (χ4v) is 3.29. The maximum atomic E-state index is 12.2. The van der Waals surface area contributed by atoms with Crippen molar-refractivity contribution in [1.82, 2.24) is 15.1 Å². The Morgan fingerprint density at radius 2 is 1.86 bits per heavy atom. The van der Waals surface area contributed by atoms with Gasteiger partial charge in [-0.25, -0.2) is 4.79 Å². The summed E-state index contributed by atoms with van der Waals surface area (Å²) in [5.41, 5.74) is 5.43. The topological polar surface area (TPSA) is 84.2 Å². The van der Waals surface area contributed by atoms with Gasteiger partial charge in [-0.2, -0.15) is 5.10 Å². The quantitative estimate of drug-likeness (QED) is 0.655. The van der Waals surface area contributed by atoms with Crippen LogP contribution in [0.2, 0.25) is 0 Å². The first-order valence-electron chi connectivity index (χ1n) is 9.92. The number of rotatable bonds is 10. The lowest BCUT2D eigenvalue weighted by atomic mass is 10.1. The minimum absolute atomic E-state index is 0.228. The largest absolute Gasteiger partial charge is 0.480 e. The van der Waals surface area contributed by atoms with E-state index in [1.54, 1.807) is 0 Å². The van der Waals surface area contributed by atoms with Crippen molar-refractivity contribution in [2.45, 2.75) is 72.4 Å². The molecule has 1 aromatic heterocycles. The molecule has 0 bridgehead atoms. The number of carbonyl (C=O) groups is 2. The predicted molar refractivity (Wildman–Crippen MR) is 109 cm³/mol. The lowest BCUT2D eigenvalue weighted by molar-refractivity contribution is -0.142. The van der Waals surface area contributed by atoms with Gasteiger partial charge in [-0.1, -0.05) is 49.6 Å². The smallest absolute Gasteiger partial charge is 0.326 e. The Morgan fingerprint density at radius 3 is 2.46 bits per heavy atom. The van der Waals surface area contributed by atoms with Crippen molar-refractivity contribution in [3.63, 3.8) is 0 Å². The van der Waals surface area contributed by atoms with Gasteiger partial charge in [-0.15, -0.1) is 0 Å². The average molecular weight is 386 g/mol. The second-order valence-corrected chi connectivity index (χ2v) is 7.39. The van der Waals surface area contributed by atoms with E-state index < -0.39 is 12.0 Å². The van der Waals surface area contributed by atoms with Crippen LogP contribution in [0.5, 0.6) is 0 Å². The van der Waals surface area contributed by atoms with Crippen LogP contribution in [0, 0.1) is 20.8 Å². The molecule has 2 aromatic rings. The SMILES string of the molecule is CCCC[C@H](NC(=O)CCc1c(C)nn(Cc2ccc(C)cc2)c1C)C(=O)O. The molecule has 0 unspecified atom stereocenters. The average Bonchev–Trinajstić information content (AvgIpc) is 2.91. The normalized spacial score (nSPS) is 12.0. The van der Waals surface area contributed by atoms with Crippen LogP contribution in [0.1, 0.15) is 60.7 Å². The molecule has 0 fully saturated rings. The molecule has 1 heterocycles. The molecule has 0 saturated heterocycles. The van der Waals surface area contributed by atoms with Crippen LogP contribution in [-0.2, 0) is 22.6 Å². The number of nitrogens with one attached hydrogen (secondary N) is 1. The highest BCUT2D eigenvalue weighted by atomic mass is 16.4. The molecule has 0 aliphatic rings. The van der Waals surface area contributed by atoms with Crippen LogP contribution in [0.25, 0.3) is 0 Å². The summed E-state index contributed by atoms with van der Waals surface area (Å²) in [6, 6.07) is 7.56. The van der Waals surface area contributed by atoms with Gasteiger partial charge in [0.2, 0.25) is 5.91 Å². The molecule has 152 valence electrons. The summed E-state index contributed by atoms with van der Waals surface area (Å²) in [6.07, 6.45) is 2.95. The van der Waals surface area contributed by atoms with Gasteiger partial charge < -0.3 is 10.4 Å². The number of hydrogen-bond donors (Lipinski definition) is 2. The molecule has 0 saturated carbocycles. The van der Waals surface area contributed by atoms with E-state index in [4.69, 9.17) is 0 Å². The number of carboxylic acid groups (broad SMARTS) is 1. The Balaban J connectivity index is 1.98. The predicted octanol–water partition coefficient (Wildman–Crippen LogP) is 3.55. The van der Waals surface area contributed by atoms with Gasteiger partial charge in [0, 0.05) is 12.1 Å². The summed E-state index contributed by atoms with van der Waals surface area (Å²) in [5.74, 6) is -1.20. The molecule has 28 heavy (non-hydrogen) atoms. The Labute approximate surface area is 167 Å². The minimum atomic E-state index is -0.972. The fourth-order valence-electron chi connectivity index (χ4n) is 3.29. The van der Waals surface area contributed by atoms with E-state index in [1.165, 1.54) is 11.1 Å². The van der Waals surface area contributed by atoms with E-state index in [9.17, 15) is 14.7 Å². The highest BCUT2D eigenvalue weighted by Gasteiger charge is 2.20. The van der Waals surface area contributed by atoms with Crippen LogP contribution in [-0.4, -0.2) is 32.8 Å². The molecule has 0 aliphatic heterocycles. The fraction of sp³-hybridized carbons (Fsp3) is 0.500. The number of aliphatic carboxylic acids is 1. The highest BCUT2D eigenvalue weighted by molar-refractivity contribution is 5.83. The Hall–Kier alpha value is -2.63. The molecule has 2 rings (SSSR count). The summed E-state index contributed by atoms with van der Waals surface area (Å²) < 4.78 is 1.97. The van der Waals surface area contributed by atoms with Crippen molar-refractivity contribution in [3.8, 4) is 0 Å². The third kappa shape index (κ3) is 5.94. The molecule has 1 atom stereocenters. The minimum Gasteiger partial charge on any atom is -0.480 e.